The van der Waals surface area contributed by atoms with E-state index in [4.69, 9.17) is 21.2 Å². The van der Waals surface area contributed by atoms with Gasteiger partial charge in [0.2, 0.25) is 18.7 Å². The van der Waals surface area contributed by atoms with E-state index in [1.54, 1.807) is 29.4 Å². The number of hydrogen-bond donors (Lipinski definition) is 3. The van der Waals surface area contributed by atoms with Crippen LogP contribution in [0.25, 0.3) is 0 Å². The molecule has 0 saturated carbocycles. The SMILES string of the molecule is C=CC1=C(/C(Cl)=C\C)C(C)N(C(=O)CNc2cc(NC)c(C)cc2F)CC1.O=CNC=O. The first-order chi connectivity index (χ1) is 15.2. The van der Waals surface area contributed by atoms with Gasteiger partial charge >= 0.3 is 0 Å². The molecule has 3 N–H and O–H groups in total. The van der Waals surface area contributed by atoms with E-state index >= 15 is 0 Å². The molecule has 32 heavy (non-hydrogen) atoms. The summed E-state index contributed by atoms with van der Waals surface area (Å²) in [6.07, 6.45) is 4.95. The van der Waals surface area contributed by atoms with Gasteiger partial charge in [-0.1, -0.05) is 30.3 Å². The second-order valence-electron chi connectivity index (χ2n) is 6.95. The van der Waals surface area contributed by atoms with E-state index in [9.17, 15) is 9.18 Å². The molecule has 0 saturated heterocycles. The molecular weight excluding hydrogens is 435 g/mol. The second kappa shape index (κ2) is 13.3. The van der Waals surface area contributed by atoms with Crippen molar-refractivity contribution in [2.24, 2.45) is 0 Å². The fraction of sp³-hybridized carbons (Fsp3) is 0.348. The van der Waals surface area contributed by atoms with Crippen molar-refractivity contribution < 1.29 is 18.8 Å². The molecule has 3 amide bonds. The van der Waals surface area contributed by atoms with Gasteiger partial charge in [0.25, 0.3) is 0 Å². The Morgan fingerprint density at radius 1 is 1.31 bits per heavy atom. The third-order valence-corrected chi connectivity index (χ3v) is 5.50. The molecule has 1 aliphatic rings. The highest BCUT2D eigenvalue weighted by molar-refractivity contribution is 6.32. The number of carbonyl (C=O) groups excluding carboxylic acids is 3. The van der Waals surface area contributed by atoms with Crippen molar-refractivity contribution in [3.8, 4) is 0 Å². The quantitative estimate of drug-likeness (QED) is 0.510. The summed E-state index contributed by atoms with van der Waals surface area (Å²) in [6, 6.07) is 2.96. The maximum absolute atomic E-state index is 14.2. The van der Waals surface area contributed by atoms with Gasteiger partial charge < -0.3 is 20.9 Å². The molecule has 2 rings (SSSR count). The average molecular weight is 465 g/mol. The van der Waals surface area contributed by atoms with Gasteiger partial charge in [0.15, 0.2) is 0 Å². The van der Waals surface area contributed by atoms with E-state index in [2.05, 4.69) is 17.2 Å². The lowest BCUT2D eigenvalue weighted by Crippen LogP contribution is -2.46. The standard InChI is InChI=1S/C21H27ClFN3O.C2H3NO2/c1-6-15-8-9-26(14(4)21(15)16(22)7-2)20(27)12-25-19-11-18(24-5)13(3)10-17(19)23;4-1-3-2-5/h6-7,10-11,14,24-25H,1,8-9,12H2,2-5H3;1-2H,(H,3,4,5)/b16-7+;. The van der Waals surface area contributed by atoms with Crippen LogP contribution in [0.2, 0.25) is 0 Å². The maximum atomic E-state index is 14.2. The summed E-state index contributed by atoms with van der Waals surface area (Å²) in [5, 5.41) is 8.32. The monoisotopic (exact) mass is 464 g/mol. The highest BCUT2D eigenvalue weighted by Gasteiger charge is 2.29. The minimum atomic E-state index is -0.377. The molecule has 0 bridgehead atoms. The van der Waals surface area contributed by atoms with Crippen LogP contribution in [0.4, 0.5) is 15.8 Å². The third-order valence-electron chi connectivity index (χ3n) is 5.08. The summed E-state index contributed by atoms with van der Waals surface area (Å²) >= 11 is 6.37. The first kappa shape index (κ1) is 26.9. The number of hydrogen-bond acceptors (Lipinski definition) is 5. The van der Waals surface area contributed by atoms with Crippen molar-refractivity contribution in [2.45, 2.75) is 33.2 Å². The van der Waals surface area contributed by atoms with Gasteiger partial charge in [-0.3, -0.25) is 14.4 Å². The van der Waals surface area contributed by atoms with Crippen molar-refractivity contribution in [3.05, 3.63) is 58.4 Å². The number of aryl methyl sites for hydroxylation is 1. The van der Waals surface area contributed by atoms with Gasteiger partial charge in [0.05, 0.1) is 18.3 Å². The number of carbonyl (C=O) groups is 3. The van der Waals surface area contributed by atoms with Crippen LogP contribution in [0, 0.1) is 12.7 Å². The van der Waals surface area contributed by atoms with Crippen LogP contribution in [-0.4, -0.2) is 49.8 Å². The molecule has 0 fully saturated rings. The molecule has 0 radical (unpaired) electrons. The smallest absolute Gasteiger partial charge is 0.242 e. The molecule has 174 valence electrons. The molecule has 0 spiro atoms. The fourth-order valence-corrected chi connectivity index (χ4v) is 3.71. The topological polar surface area (TPSA) is 90.5 Å². The van der Waals surface area contributed by atoms with Crippen molar-refractivity contribution in [1.82, 2.24) is 10.2 Å². The van der Waals surface area contributed by atoms with Crippen LogP contribution < -0.4 is 16.0 Å². The molecule has 1 aromatic carbocycles. The normalized spacial score (nSPS) is 15.9. The lowest BCUT2D eigenvalue weighted by atomic mass is 9.92. The summed E-state index contributed by atoms with van der Waals surface area (Å²) in [5.41, 5.74) is 3.92. The van der Waals surface area contributed by atoms with E-state index in [-0.39, 0.29) is 24.3 Å². The number of rotatable bonds is 8. The van der Waals surface area contributed by atoms with Gasteiger partial charge in [-0.15, -0.1) is 0 Å². The Hall–Kier alpha value is -3.13. The van der Waals surface area contributed by atoms with Gasteiger partial charge in [-0.2, -0.15) is 0 Å². The Kier molecular flexibility index (Phi) is 11.2. The number of amides is 3. The van der Waals surface area contributed by atoms with Crippen molar-refractivity contribution >= 4 is 41.7 Å². The highest BCUT2D eigenvalue weighted by atomic mass is 35.5. The Balaban J connectivity index is 0.000000920. The van der Waals surface area contributed by atoms with Crippen LogP contribution in [0.5, 0.6) is 0 Å². The lowest BCUT2D eigenvalue weighted by Gasteiger charge is -2.36. The molecule has 9 heteroatoms. The first-order valence-electron chi connectivity index (χ1n) is 10.1. The summed E-state index contributed by atoms with van der Waals surface area (Å²) in [7, 11) is 1.78. The maximum Gasteiger partial charge on any atom is 0.242 e. The molecule has 0 aliphatic carbocycles. The minimum Gasteiger partial charge on any atom is -0.388 e. The predicted octanol–water partition coefficient (Wildman–Crippen LogP) is 3.72. The molecule has 1 heterocycles. The molecule has 1 atom stereocenters. The molecule has 1 aliphatic heterocycles. The second-order valence-corrected chi connectivity index (χ2v) is 7.35. The van der Waals surface area contributed by atoms with E-state index in [0.717, 1.165) is 22.4 Å². The molecule has 1 aromatic rings. The summed E-state index contributed by atoms with van der Waals surface area (Å²) in [6.45, 7) is 10.1. The molecule has 7 nitrogen and oxygen atoms in total. The van der Waals surface area contributed by atoms with Gasteiger partial charge in [0.1, 0.15) is 5.82 Å². The number of benzene rings is 1. The predicted molar refractivity (Wildman–Crippen MR) is 127 cm³/mol. The van der Waals surface area contributed by atoms with Crippen molar-refractivity contribution in [1.29, 1.82) is 0 Å². The van der Waals surface area contributed by atoms with Gasteiger partial charge in [-0.05, 0) is 56.0 Å². The van der Waals surface area contributed by atoms with Crippen LogP contribution >= 0.6 is 11.6 Å². The Morgan fingerprint density at radius 3 is 2.47 bits per heavy atom. The van der Waals surface area contributed by atoms with E-state index in [1.165, 1.54) is 6.07 Å². The number of halogens is 2. The third kappa shape index (κ3) is 6.95. The summed E-state index contributed by atoms with van der Waals surface area (Å²) in [4.78, 5) is 32.7. The first-order valence-corrected chi connectivity index (χ1v) is 10.5. The zero-order chi connectivity index (χ0) is 24.3. The van der Waals surface area contributed by atoms with E-state index in [0.29, 0.717) is 36.5 Å². The van der Waals surface area contributed by atoms with Crippen molar-refractivity contribution in [2.75, 3.05) is 30.8 Å². The number of allylic oxidation sites excluding steroid dienone is 2. The molecule has 1 unspecified atom stereocenters. The lowest BCUT2D eigenvalue weighted by molar-refractivity contribution is -0.130. The van der Waals surface area contributed by atoms with Gasteiger partial charge in [0, 0.05) is 24.3 Å². The van der Waals surface area contributed by atoms with E-state index in [1.807, 2.05) is 26.8 Å². The van der Waals surface area contributed by atoms with E-state index < -0.39 is 0 Å². The van der Waals surface area contributed by atoms with Crippen LogP contribution in [-0.2, 0) is 14.4 Å². The number of imide groups is 1. The van der Waals surface area contributed by atoms with Crippen molar-refractivity contribution in [3.63, 3.8) is 0 Å². The molecular formula is C23H30ClFN4O3. The molecule has 0 aromatic heterocycles. The number of anilines is 2. The zero-order valence-corrected chi connectivity index (χ0v) is 19.6. The van der Waals surface area contributed by atoms with Crippen LogP contribution in [0.1, 0.15) is 25.8 Å². The summed E-state index contributed by atoms with van der Waals surface area (Å²) in [5.74, 6) is -0.479. The number of nitrogens with one attached hydrogen (secondary N) is 3. The zero-order valence-electron chi connectivity index (χ0n) is 18.8. The minimum absolute atomic E-state index is 0.0115. The van der Waals surface area contributed by atoms with Gasteiger partial charge in [-0.25, -0.2) is 4.39 Å². The Bertz CT molecular complexity index is 909. The highest BCUT2D eigenvalue weighted by Crippen LogP contribution is 2.32. The number of nitrogens with zero attached hydrogens (tertiary/aromatic N) is 1. The summed E-state index contributed by atoms with van der Waals surface area (Å²) < 4.78 is 14.2. The van der Waals surface area contributed by atoms with Crippen LogP contribution in [0.3, 0.4) is 0 Å². The van der Waals surface area contributed by atoms with Crippen LogP contribution in [0.15, 0.2) is 47.0 Å². The Morgan fingerprint density at radius 2 is 1.97 bits per heavy atom. The Labute approximate surface area is 193 Å². The largest absolute Gasteiger partial charge is 0.388 e. The average Bonchev–Trinajstić information content (AvgIpc) is 2.78. The fourth-order valence-electron chi connectivity index (χ4n) is 3.43.